The molecule has 0 amide bonds. The van der Waals surface area contributed by atoms with Crippen molar-refractivity contribution in [2.45, 2.75) is 53.0 Å². The van der Waals surface area contributed by atoms with Gasteiger partial charge in [0.1, 0.15) is 0 Å². The molecule has 19 heavy (non-hydrogen) atoms. The van der Waals surface area contributed by atoms with E-state index in [0.29, 0.717) is 16.9 Å². The topological polar surface area (TPSA) is 6.48 Å². The van der Waals surface area contributed by atoms with Crippen LogP contribution in [0.4, 0.5) is 0 Å². The van der Waals surface area contributed by atoms with E-state index in [4.69, 9.17) is 0 Å². The van der Waals surface area contributed by atoms with Gasteiger partial charge in [0.25, 0.3) is 0 Å². The number of rotatable bonds is 3. The van der Waals surface area contributed by atoms with Crippen LogP contribution in [0, 0.1) is 10.8 Å². The van der Waals surface area contributed by atoms with Gasteiger partial charge in [-0.05, 0) is 39.9 Å². The number of nitrogens with zero attached hydrogens (tertiary/aromatic N) is 2. The van der Waals surface area contributed by atoms with Crippen LogP contribution in [0.15, 0.2) is 11.6 Å². The van der Waals surface area contributed by atoms with Crippen LogP contribution in [-0.4, -0.2) is 49.6 Å². The highest BCUT2D eigenvalue weighted by Crippen LogP contribution is 2.53. The minimum absolute atomic E-state index is 0.314. The van der Waals surface area contributed by atoms with Gasteiger partial charge in [0.2, 0.25) is 0 Å². The van der Waals surface area contributed by atoms with E-state index in [1.807, 2.05) is 0 Å². The molecule has 0 aromatic heterocycles. The maximum absolute atomic E-state index is 2.63. The predicted octanol–water partition coefficient (Wildman–Crippen LogP) is 3.39. The quantitative estimate of drug-likeness (QED) is 0.721. The Labute approximate surface area is 119 Å². The monoisotopic (exact) mass is 264 g/mol. The third-order valence-electron chi connectivity index (χ3n) is 5.44. The number of fused-ring (bicyclic) bond motifs is 1. The Kier molecular flexibility index (Phi) is 4.13. The van der Waals surface area contributed by atoms with Gasteiger partial charge in [0.15, 0.2) is 0 Å². The van der Waals surface area contributed by atoms with Gasteiger partial charge in [-0.25, -0.2) is 0 Å². The second kappa shape index (κ2) is 5.21. The smallest absolute Gasteiger partial charge is 0.0178 e. The molecule has 2 aliphatic rings. The molecule has 0 radical (unpaired) electrons. The summed E-state index contributed by atoms with van der Waals surface area (Å²) in [5.41, 5.74) is 2.44. The molecule has 1 aliphatic carbocycles. The van der Waals surface area contributed by atoms with Crippen LogP contribution in [0.3, 0.4) is 0 Å². The molecule has 110 valence electrons. The van der Waals surface area contributed by atoms with Crippen LogP contribution >= 0.6 is 0 Å². The van der Waals surface area contributed by atoms with Gasteiger partial charge in [-0.3, -0.25) is 4.90 Å². The Hall–Kier alpha value is -0.340. The van der Waals surface area contributed by atoms with Crippen molar-refractivity contribution in [2.75, 3.05) is 33.7 Å². The molecule has 0 aromatic rings. The van der Waals surface area contributed by atoms with Gasteiger partial charge in [0.05, 0.1) is 0 Å². The van der Waals surface area contributed by atoms with Crippen LogP contribution in [-0.2, 0) is 0 Å². The van der Waals surface area contributed by atoms with E-state index >= 15 is 0 Å². The summed E-state index contributed by atoms with van der Waals surface area (Å²) >= 11 is 0. The highest BCUT2D eigenvalue weighted by molar-refractivity contribution is 5.29. The number of hydrogen-bond acceptors (Lipinski definition) is 2. The molecule has 2 heteroatoms. The summed E-state index contributed by atoms with van der Waals surface area (Å²) in [6.45, 7) is 13.4. The van der Waals surface area contributed by atoms with Gasteiger partial charge >= 0.3 is 0 Å². The fourth-order valence-electron chi connectivity index (χ4n) is 4.75. The summed E-state index contributed by atoms with van der Waals surface area (Å²) in [6.07, 6.45) is 6.48. The summed E-state index contributed by atoms with van der Waals surface area (Å²) in [6, 6.07) is 0.685. The molecular weight excluding hydrogens is 232 g/mol. The average Bonchev–Trinajstić information content (AvgIpc) is 2.27. The fourth-order valence-corrected chi connectivity index (χ4v) is 4.75. The molecule has 0 saturated heterocycles. The third kappa shape index (κ3) is 2.62. The maximum atomic E-state index is 2.63. The molecule has 2 atom stereocenters. The Morgan fingerprint density at radius 2 is 2.00 bits per heavy atom. The predicted molar refractivity (Wildman–Crippen MR) is 83.4 cm³/mol. The molecule has 2 rings (SSSR count). The van der Waals surface area contributed by atoms with Crippen LogP contribution in [0.1, 0.15) is 47.0 Å². The van der Waals surface area contributed by atoms with Gasteiger partial charge in [-0.2, -0.15) is 0 Å². The second-order valence-electron chi connectivity index (χ2n) is 7.65. The van der Waals surface area contributed by atoms with Gasteiger partial charge in [-0.1, -0.05) is 39.3 Å². The lowest BCUT2D eigenvalue weighted by Gasteiger charge is -2.55. The fraction of sp³-hybridized carbons (Fsp3) is 0.882. The molecular formula is C17H32N2. The molecule has 1 saturated carbocycles. The largest absolute Gasteiger partial charge is 0.306 e. The van der Waals surface area contributed by atoms with Crippen molar-refractivity contribution in [3.63, 3.8) is 0 Å². The molecule has 1 aliphatic heterocycles. The summed E-state index contributed by atoms with van der Waals surface area (Å²) < 4.78 is 0. The van der Waals surface area contributed by atoms with Gasteiger partial charge in [-0.15, -0.1) is 0 Å². The van der Waals surface area contributed by atoms with Gasteiger partial charge < -0.3 is 4.90 Å². The zero-order valence-corrected chi connectivity index (χ0v) is 13.8. The van der Waals surface area contributed by atoms with E-state index in [1.54, 1.807) is 5.57 Å². The first-order valence-corrected chi connectivity index (χ1v) is 7.91. The average molecular weight is 264 g/mol. The third-order valence-corrected chi connectivity index (χ3v) is 5.44. The van der Waals surface area contributed by atoms with Crippen molar-refractivity contribution in [1.29, 1.82) is 0 Å². The molecule has 0 N–H and O–H groups in total. The van der Waals surface area contributed by atoms with Crippen LogP contribution in [0.5, 0.6) is 0 Å². The van der Waals surface area contributed by atoms with Crippen molar-refractivity contribution in [2.24, 2.45) is 10.8 Å². The Balaban J connectivity index is 2.27. The summed E-state index contributed by atoms with van der Waals surface area (Å²) in [4.78, 5) is 5.06. The molecule has 0 aromatic carbocycles. The van der Waals surface area contributed by atoms with E-state index in [1.165, 1.54) is 32.4 Å². The normalized spacial score (nSPS) is 35.1. The SMILES string of the molecule is CCCN1CC=C2C(C)(C)[C@@H](N(C)C)CC[C@]2(C)C1. The van der Waals surface area contributed by atoms with E-state index < -0.39 is 0 Å². The first kappa shape index (κ1) is 15.1. The Bertz CT molecular complexity index is 356. The zero-order chi connectivity index (χ0) is 14.3. The van der Waals surface area contributed by atoms with Crippen molar-refractivity contribution in [3.05, 3.63) is 11.6 Å². The lowest BCUT2D eigenvalue weighted by atomic mass is 9.57. The highest BCUT2D eigenvalue weighted by Gasteiger charge is 2.49. The molecule has 1 fully saturated rings. The minimum atomic E-state index is 0.314. The molecule has 2 nitrogen and oxygen atoms in total. The lowest BCUT2D eigenvalue weighted by molar-refractivity contribution is 0.0500. The van der Waals surface area contributed by atoms with E-state index in [-0.39, 0.29) is 0 Å². The first-order valence-electron chi connectivity index (χ1n) is 7.91. The zero-order valence-electron chi connectivity index (χ0n) is 13.8. The van der Waals surface area contributed by atoms with Crippen LogP contribution in [0.25, 0.3) is 0 Å². The van der Waals surface area contributed by atoms with Crippen molar-refractivity contribution < 1.29 is 0 Å². The van der Waals surface area contributed by atoms with E-state index in [9.17, 15) is 0 Å². The second-order valence-corrected chi connectivity index (χ2v) is 7.65. The van der Waals surface area contributed by atoms with Crippen LogP contribution in [0.2, 0.25) is 0 Å². The molecule has 0 unspecified atom stereocenters. The Morgan fingerprint density at radius 1 is 1.32 bits per heavy atom. The molecule has 0 bridgehead atoms. The summed E-state index contributed by atoms with van der Waals surface area (Å²) in [5, 5.41) is 0. The standard InChI is InChI=1S/C17H32N2/c1-7-11-19-12-9-14-16(2,3)15(18(5)6)8-10-17(14,4)13-19/h9,15H,7-8,10-13H2,1-6H3/t15-,17+/m0/s1. The molecule has 1 heterocycles. The highest BCUT2D eigenvalue weighted by atomic mass is 15.1. The van der Waals surface area contributed by atoms with E-state index in [2.05, 4.69) is 57.7 Å². The van der Waals surface area contributed by atoms with Crippen molar-refractivity contribution in [1.82, 2.24) is 9.80 Å². The lowest BCUT2D eigenvalue weighted by Crippen LogP contribution is -2.55. The van der Waals surface area contributed by atoms with Crippen molar-refractivity contribution >= 4 is 0 Å². The summed E-state index contributed by atoms with van der Waals surface area (Å²) in [7, 11) is 4.48. The number of hydrogen-bond donors (Lipinski definition) is 0. The van der Waals surface area contributed by atoms with Crippen LogP contribution < -0.4 is 0 Å². The minimum Gasteiger partial charge on any atom is -0.306 e. The summed E-state index contributed by atoms with van der Waals surface area (Å²) in [5.74, 6) is 0. The maximum Gasteiger partial charge on any atom is 0.0178 e. The molecule has 0 spiro atoms. The van der Waals surface area contributed by atoms with Crippen molar-refractivity contribution in [3.8, 4) is 0 Å². The first-order chi connectivity index (χ1) is 8.81. The Morgan fingerprint density at radius 3 is 2.58 bits per heavy atom. The van der Waals surface area contributed by atoms with Gasteiger partial charge in [0, 0.05) is 30.0 Å². The van der Waals surface area contributed by atoms with E-state index in [0.717, 1.165) is 6.54 Å².